The highest BCUT2D eigenvalue weighted by Gasteiger charge is 2.15. The maximum absolute atomic E-state index is 12.5. The molecule has 56 heavy (non-hydrogen) atoms. The molecular weight excluding hydrogens is 751 g/mol. The monoisotopic (exact) mass is 783 g/mol. The lowest BCUT2D eigenvalue weighted by atomic mass is 10.1. The first-order chi connectivity index (χ1) is 26.8. The van der Waals surface area contributed by atoms with Crippen molar-refractivity contribution < 1.29 is 46.7 Å². The number of nitrogens with zero attached hydrogens (tertiary/aromatic N) is 6. The second-order valence-electron chi connectivity index (χ2n) is 11.6. The van der Waals surface area contributed by atoms with Crippen LogP contribution in [0.1, 0.15) is 52.6 Å². The summed E-state index contributed by atoms with van der Waals surface area (Å²) in [5.41, 5.74) is 3.51. The average Bonchev–Trinajstić information content (AvgIpc) is 3.89. The number of amides is 2. The van der Waals surface area contributed by atoms with Gasteiger partial charge in [-0.1, -0.05) is 0 Å². The molecule has 0 bridgehead atoms. The number of phenols is 1. The van der Waals surface area contributed by atoms with Gasteiger partial charge in [0.25, 0.3) is 11.8 Å². The van der Waals surface area contributed by atoms with Crippen molar-refractivity contribution in [2.75, 3.05) is 29.6 Å². The van der Waals surface area contributed by atoms with Crippen LogP contribution in [0.25, 0.3) is 0 Å². The number of rotatable bonds is 12. The maximum Gasteiger partial charge on any atom is 0.357 e. The minimum atomic E-state index is -4.41. The fraction of sp³-hybridized carbons (Fsp3) is 0.111. The van der Waals surface area contributed by atoms with Crippen LogP contribution < -0.4 is 15.4 Å². The third-order valence-electron chi connectivity index (χ3n) is 7.49. The molecule has 6 aromatic rings. The Balaban J connectivity index is 0.000000216. The van der Waals surface area contributed by atoms with Crippen LogP contribution in [0.4, 0.5) is 17.1 Å². The third kappa shape index (κ3) is 11.5. The number of anilines is 3. The molecule has 20 heteroatoms. The van der Waals surface area contributed by atoms with Gasteiger partial charge in [-0.05, 0) is 96.1 Å². The SMILES string of the molecule is COC(=O)c1cc(Cn2cncn2)cc(NC(=O)c2ccc(NS(=O)(=O)O)cc2)c1.COC(=O)c1cc(Cn2cncn2)cc(NC(=O)c2ccc(O)cc2)c1. The van der Waals surface area contributed by atoms with Gasteiger partial charge in [0.2, 0.25) is 0 Å². The Hall–Kier alpha value is -7.45. The van der Waals surface area contributed by atoms with E-state index >= 15 is 0 Å². The molecule has 6 rings (SSSR count). The molecule has 19 nitrogen and oxygen atoms in total. The lowest BCUT2D eigenvalue weighted by Crippen LogP contribution is -2.14. The molecule has 4 aromatic carbocycles. The molecule has 0 fully saturated rings. The van der Waals surface area contributed by atoms with Crippen molar-refractivity contribution in [2.24, 2.45) is 0 Å². The molecule has 0 saturated heterocycles. The minimum absolute atomic E-state index is 0.0735. The van der Waals surface area contributed by atoms with Gasteiger partial charge in [0.05, 0.1) is 44.1 Å². The van der Waals surface area contributed by atoms with Crippen LogP contribution in [0, 0.1) is 0 Å². The lowest BCUT2D eigenvalue weighted by molar-refractivity contribution is 0.0592. The zero-order valence-electron chi connectivity index (χ0n) is 29.6. The van der Waals surface area contributed by atoms with E-state index in [0.29, 0.717) is 41.2 Å². The van der Waals surface area contributed by atoms with Gasteiger partial charge in [0, 0.05) is 22.5 Å². The predicted octanol–water partition coefficient (Wildman–Crippen LogP) is 3.65. The van der Waals surface area contributed by atoms with E-state index in [0.717, 1.165) is 5.56 Å². The predicted molar refractivity (Wildman–Crippen MR) is 199 cm³/mol. The van der Waals surface area contributed by atoms with Gasteiger partial charge in [-0.2, -0.15) is 18.6 Å². The quantitative estimate of drug-likeness (QED) is 0.0877. The molecule has 0 aliphatic heterocycles. The summed E-state index contributed by atoms with van der Waals surface area (Å²) in [5, 5.41) is 22.8. The highest BCUT2D eigenvalue weighted by molar-refractivity contribution is 7.87. The van der Waals surface area contributed by atoms with Gasteiger partial charge < -0.3 is 25.2 Å². The molecule has 2 amide bonds. The first kappa shape index (κ1) is 39.8. The molecule has 0 radical (unpaired) electrons. The number of ether oxygens (including phenoxy) is 2. The maximum atomic E-state index is 12.5. The summed E-state index contributed by atoms with van der Waals surface area (Å²) >= 11 is 0. The van der Waals surface area contributed by atoms with Crippen molar-refractivity contribution in [1.82, 2.24) is 29.5 Å². The van der Waals surface area contributed by atoms with Gasteiger partial charge >= 0.3 is 22.2 Å². The summed E-state index contributed by atoms with van der Waals surface area (Å²) in [6, 6.07) is 21.0. The summed E-state index contributed by atoms with van der Waals surface area (Å²) in [7, 11) is -1.86. The van der Waals surface area contributed by atoms with Gasteiger partial charge in [0.1, 0.15) is 31.1 Å². The number of nitrogens with one attached hydrogen (secondary N) is 3. The molecule has 2 heterocycles. The largest absolute Gasteiger partial charge is 0.508 e. The molecule has 0 unspecified atom stereocenters. The van der Waals surface area contributed by atoms with E-state index in [1.54, 1.807) is 40.0 Å². The van der Waals surface area contributed by atoms with E-state index in [2.05, 4.69) is 30.8 Å². The van der Waals surface area contributed by atoms with E-state index in [1.165, 1.54) is 93.9 Å². The molecule has 288 valence electrons. The van der Waals surface area contributed by atoms with E-state index in [1.807, 2.05) is 4.72 Å². The van der Waals surface area contributed by atoms with Crippen molar-refractivity contribution in [1.29, 1.82) is 0 Å². The fourth-order valence-electron chi connectivity index (χ4n) is 5.04. The summed E-state index contributed by atoms with van der Waals surface area (Å²) in [6.07, 6.45) is 5.87. The van der Waals surface area contributed by atoms with Crippen LogP contribution in [-0.4, -0.2) is 85.6 Å². The number of carbonyl (C=O) groups is 4. The zero-order chi connectivity index (χ0) is 40.2. The summed E-state index contributed by atoms with van der Waals surface area (Å²) in [5.74, 6) is -1.85. The van der Waals surface area contributed by atoms with E-state index < -0.39 is 28.1 Å². The molecule has 0 atom stereocenters. The second kappa shape index (κ2) is 18.1. The Morgan fingerprint density at radius 2 is 1.05 bits per heavy atom. The first-order valence-electron chi connectivity index (χ1n) is 16.1. The number of aromatic nitrogens is 6. The topological polar surface area (TPSA) is 259 Å². The van der Waals surface area contributed by atoms with Crippen LogP contribution in [0.15, 0.2) is 110 Å². The van der Waals surface area contributed by atoms with Crippen molar-refractivity contribution in [2.45, 2.75) is 13.1 Å². The lowest BCUT2D eigenvalue weighted by Gasteiger charge is -2.11. The molecule has 0 saturated carbocycles. The molecule has 5 N–H and O–H groups in total. The van der Waals surface area contributed by atoms with Crippen LogP contribution >= 0.6 is 0 Å². The summed E-state index contributed by atoms with van der Waals surface area (Å²) < 4.78 is 45.0. The smallest absolute Gasteiger partial charge is 0.357 e. The summed E-state index contributed by atoms with van der Waals surface area (Å²) in [4.78, 5) is 56.6. The number of hydrogen-bond donors (Lipinski definition) is 5. The highest BCUT2D eigenvalue weighted by Crippen LogP contribution is 2.21. The molecular formula is C36H33N9O10S. The molecule has 2 aromatic heterocycles. The van der Waals surface area contributed by atoms with Gasteiger partial charge in [-0.25, -0.2) is 28.9 Å². The van der Waals surface area contributed by atoms with Crippen LogP contribution in [0.5, 0.6) is 5.75 Å². The number of phenolic OH excluding ortho intramolecular Hbond substituents is 1. The fourth-order valence-corrected chi connectivity index (χ4v) is 5.48. The Morgan fingerprint density at radius 3 is 1.43 bits per heavy atom. The second-order valence-corrected chi connectivity index (χ2v) is 12.8. The van der Waals surface area contributed by atoms with Crippen LogP contribution in [0.2, 0.25) is 0 Å². The summed E-state index contributed by atoms with van der Waals surface area (Å²) in [6.45, 7) is 0.705. The van der Waals surface area contributed by atoms with Crippen molar-refractivity contribution >= 4 is 51.1 Å². The first-order valence-corrected chi connectivity index (χ1v) is 17.6. The van der Waals surface area contributed by atoms with Crippen LogP contribution in [0.3, 0.4) is 0 Å². The molecule has 0 spiro atoms. The van der Waals surface area contributed by atoms with Crippen LogP contribution in [-0.2, 0) is 32.9 Å². The highest BCUT2D eigenvalue weighted by atomic mass is 32.2. The van der Waals surface area contributed by atoms with Gasteiger partial charge in [0.15, 0.2) is 0 Å². The Morgan fingerprint density at radius 1 is 0.625 bits per heavy atom. The number of hydrogen-bond acceptors (Lipinski definition) is 13. The number of esters is 2. The van der Waals surface area contributed by atoms with Gasteiger partial charge in [-0.15, -0.1) is 0 Å². The normalized spacial score (nSPS) is 10.7. The Kier molecular flexibility index (Phi) is 12.8. The van der Waals surface area contributed by atoms with E-state index in [9.17, 15) is 32.7 Å². The number of aromatic hydroxyl groups is 1. The zero-order valence-corrected chi connectivity index (χ0v) is 30.4. The number of benzene rings is 4. The minimum Gasteiger partial charge on any atom is -0.508 e. The van der Waals surface area contributed by atoms with Crippen molar-refractivity contribution in [3.63, 3.8) is 0 Å². The molecule has 0 aliphatic carbocycles. The molecule has 0 aliphatic rings. The average molecular weight is 784 g/mol. The van der Waals surface area contributed by atoms with E-state index in [-0.39, 0.29) is 28.5 Å². The third-order valence-corrected chi connectivity index (χ3v) is 7.98. The number of methoxy groups -OCH3 is 2. The van der Waals surface area contributed by atoms with Gasteiger partial charge in [-0.3, -0.25) is 18.9 Å². The Bertz CT molecular complexity index is 2420. The van der Waals surface area contributed by atoms with Crippen molar-refractivity contribution in [3.05, 3.63) is 144 Å². The Labute approximate surface area is 318 Å². The van der Waals surface area contributed by atoms with Crippen molar-refractivity contribution in [3.8, 4) is 5.75 Å². The number of carbonyl (C=O) groups excluding carboxylic acids is 4. The van der Waals surface area contributed by atoms with E-state index in [4.69, 9.17) is 14.0 Å². The standard InChI is InChI=1S/C18H17N5O6S.C18H16N4O4/c1-29-18(25)14-6-12(9-23-11-19-10-20-23)7-16(8-14)21-17(24)13-2-4-15(5-3-13)22-30(26,27)28;1-26-18(25)14-6-12(9-22-11-19-10-20-22)7-15(8-14)21-17(24)13-2-4-16(23)5-3-13/h2-8,10-11,22H,9H2,1H3,(H,21,24)(H,26,27,28);2-8,10-11,23H,9H2,1H3,(H,21,24).